The smallest absolute Gasteiger partial charge is 0.243 e. The maximum Gasteiger partial charge on any atom is 0.243 e. The van der Waals surface area contributed by atoms with Crippen LogP contribution < -0.4 is 11.1 Å². The van der Waals surface area contributed by atoms with Crippen molar-refractivity contribution in [1.29, 1.82) is 0 Å². The van der Waals surface area contributed by atoms with E-state index in [0.29, 0.717) is 12.8 Å². The van der Waals surface area contributed by atoms with Gasteiger partial charge in [0.1, 0.15) is 0 Å². The number of amides is 2. The van der Waals surface area contributed by atoms with Crippen LogP contribution in [-0.2, 0) is 9.59 Å². The molecule has 0 aliphatic heterocycles. The van der Waals surface area contributed by atoms with Crippen LogP contribution >= 0.6 is 15.9 Å². The Bertz CT molecular complexity index is 598. The number of carbonyl (C=O) groups excluding carboxylic acids is 2. The number of likely N-dealkylation sites (N-methyl/N-ethyl adjacent to an activating group) is 1. The second kappa shape index (κ2) is 7.45. The quantitative estimate of drug-likeness (QED) is 0.841. The molecule has 1 aromatic carbocycles. The zero-order chi connectivity index (χ0) is 17.0. The summed E-state index contributed by atoms with van der Waals surface area (Å²) >= 11 is 3.39. The lowest BCUT2D eigenvalue weighted by molar-refractivity contribution is -0.139. The van der Waals surface area contributed by atoms with Gasteiger partial charge in [-0.25, -0.2) is 0 Å². The van der Waals surface area contributed by atoms with Crippen molar-refractivity contribution >= 4 is 33.4 Å². The van der Waals surface area contributed by atoms with Crippen molar-refractivity contribution in [3.63, 3.8) is 0 Å². The van der Waals surface area contributed by atoms with E-state index in [1.807, 2.05) is 25.1 Å². The summed E-state index contributed by atoms with van der Waals surface area (Å²) in [5, 5.41) is 2.84. The van der Waals surface area contributed by atoms with E-state index in [1.165, 1.54) is 4.90 Å². The summed E-state index contributed by atoms with van der Waals surface area (Å²) in [6.07, 6.45) is 4.47. The predicted molar refractivity (Wildman–Crippen MR) is 95.1 cm³/mol. The minimum Gasteiger partial charge on any atom is -0.335 e. The number of halogens is 1. The molecule has 0 radical (unpaired) electrons. The number of aryl methyl sites for hydroxylation is 1. The molecule has 2 amide bonds. The fourth-order valence-electron chi connectivity index (χ4n) is 3.02. The zero-order valence-corrected chi connectivity index (χ0v) is 15.3. The first-order valence-electron chi connectivity index (χ1n) is 7.92. The van der Waals surface area contributed by atoms with Crippen molar-refractivity contribution < 1.29 is 9.59 Å². The van der Waals surface area contributed by atoms with Crippen molar-refractivity contribution in [2.45, 2.75) is 44.6 Å². The molecule has 2 rings (SSSR count). The Labute approximate surface area is 145 Å². The molecule has 1 fully saturated rings. The lowest BCUT2D eigenvalue weighted by Crippen LogP contribution is -2.56. The van der Waals surface area contributed by atoms with Crippen LogP contribution in [0.15, 0.2) is 22.7 Å². The summed E-state index contributed by atoms with van der Waals surface area (Å²) < 4.78 is 0.961. The number of carbonyl (C=O) groups is 2. The number of hydrogen-bond acceptors (Lipinski definition) is 3. The van der Waals surface area contributed by atoms with Crippen LogP contribution in [0.3, 0.4) is 0 Å². The van der Waals surface area contributed by atoms with Gasteiger partial charge in [0.05, 0.1) is 12.1 Å². The lowest BCUT2D eigenvalue weighted by atomic mass is 9.81. The monoisotopic (exact) mass is 381 g/mol. The highest BCUT2D eigenvalue weighted by Gasteiger charge is 2.37. The van der Waals surface area contributed by atoms with Gasteiger partial charge in [-0.15, -0.1) is 0 Å². The molecule has 0 unspecified atom stereocenters. The highest BCUT2D eigenvalue weighted by Crippen LogP contribution is 2.27. The molecule has 1 saturated carbocycles. The Balaban J connectivity index is 1.95. The van der Waals surface area contributed by atoms with Crippen molar-refractivity contribution in [2.24, 2.45) is 5.73 Å². The van der Waals surface area contributed by atoms with E-state index >= 15 is 0 Å². The van der Waals surface area contributed by atoms with Crippen LogP contribution in [0.5, 0.6) is 0 Å². The second-order valence-electron chi connectivity index (χ2n) is 6.39. The molecule has 1 aromatic rings. The average Bonchev–Trinajstić information content (AvgIpc) is 2.50. The number of rotatable bonds is 4. The number of benzene rings is 1. The molecule has 0 aromatic heterocycles. The van der Waals surface area contributed by atoms with Crippen molar-refractivity contribution in [3.05, 3.63) is 28.2 Å². The Morgan fingerprint density at radius 1 is 1.30 bits per heavy atom. The standard InChI is InChI=1S/C17H24BrN3O2/c1-12-10-13(18)6-7-14(12)20-15(22)11-21(2)16(23)17(19)8-4-3-5-9-17/h6-7,10H,3-5,8-9,11,19H2,1-2H3,(H,20,22). The number of nitrogens with zero attached hydrogens (tertiary/aromatic N) is 1. The molecule has 126 valence electrons. The third-order valence-corrected chi connectivity index (χ3v) is 4.85. The molecule has 0 saturated heterocycles. The van der Waals surface area contributed by atoms with Gasteiger partial charge in [0.15, 0.2) is 0 Å². The lowest BCUT2D eigenvalue weighted by Gasteiger charge is -2.35. The summed E-state index contributed by atoms with van der Waals surface area (Å²) in [5.74, 6) is -0.356. The zero-order valence-electron chi connectivity index (χ0n) is 13.7. The SMILES string of the molecule is Cc1cc(Br)ccc1NC(=O)CN(C)C(=O)C1(N)CCCCC1. The molecule has 1 aliphatic carbocycles. The van der Waals surface area contributed by atoms with Crippen LogP contribution in [-0.4, -0.2) is 35.8 Å². The van der Waals surface area contributed by atoms with Gasteiger partial charge >= 0.3 is 0 Å². The van der Waals surface area contributed by atoms with Crippen molar-refractivity contribution in [1.82, 2.24) is 4.90 Å². The summed E-state index contributed by atoms with van der Waals surface area (Å²) in [6.45, 7) is 1.93. The Kier molecular flexibility index (Phi) is 5.81. The number of hydrogen-bond donors (Lipinski definition) is 2. The van der Waals surface area contributed by atoms with Gasteiger partial charge in [0.2, 0.25) is 11.8 Å². The van der Waals surface area contributed by atoms with Crippen LogP contribution in [0.25, 0.3) is 0 Å². The van der Waals surface area contributed by atoms with Gasteiger partial charge in [-0.3, -0.25) is 9.59 Å². The topological polar surface area (TPSA) is 75.4 Å². The Morgan fingerprint density at radius 3 is 2.57 bits per heavy atom. The summed E-state index contributed by atoms with van der Waals surface area (Å²) in [6, 6.07) is 5.64. The van der Waals surface area contributed by atoms with Gasteiger partial charge in [0.25, 0.3) is 0 Å². The minimum absolute atomic E-state index is 0.00723. The first-order valence-corrected chi connectivity index (χ1v) is 8.71. The highest BCUT2D eigenvalue weighted by molar-refractivity contribution is 9.10. The molecule has 23 heavy (non-hydrogen) atoms. The Hall–Kier alpha value is -1.40. The molecular formula is C17H24BrN3O2. The molecule has 6 heteroatoms. The van der Waals surface area contributed by atoms with Gasteiger partial charge < -0.3 is 16.0 Å². The Morgan fingerprint density at radius 2 is 1.96 bits per heavy atom. The van der Waals surface area contributed by atoms with E-state index in [-0.39, 0.29) is 18.4 Å². The largest absolute Gasteiger partial charge is 0.335 e. The van der Waals surface area contributed by atoms with Crippen molar-refractivity contribution in [2.75, 3.05) is 18.9 Å². The van der Waals surface area contributed by atoms with Crippen molar-refractivity contribution in [3.8, 4) is 0 Å². The summed E-state index contributed by atoms with van der Waals surface area (Å²) in [7, 11) is 1.64. The minimum atomic E-state index is -0.805. The summed E-state index contributed by atoms with van der Waals surface area (Å²) in [4.78, 5) is 26.2. The van der Waals surface area contributed by atoms with E-state index in [9.17, 15) is 9.59 Å². The second-order valence-corrected chi connectivity index (χ2v) is 7.30. The average molecular weight is 382 g/mol. The predicted octanol–water partition coefficient (Wildman–Crippen LogP) is 2.82. The normalized spacial score (nSPS) is 16.7. The van der Waals surface area contributed by atoms with Crippen LogP contribution in [0, 0.1) is 6.92 Å². The summed E-state index contributed by atoms with van der Waals surface area (Å²) in [5.41, 5.74) is 7.15. The molecule has 3 N–H and O–H groups in total. The van der Waals surface area contributed by atoms with E-state index in [4.69, 9.17) is 5.73 Å². The first kappa shape index (κ1) is 17.9. The molecule has 1 aliphatic rings. The maximum absolute atomic E-state index is 12.5. The molecular weight excluding hydrogens is 358 g/mol. The van der Waals surface area contributed by atoms with E-state index in [2.05, 4.69) is 21.2 Å². The van der Waals surface area contributed by atoms with Gasteiger partial charge in [0, 0.05) is 17.2 Å². The van der Waals surface area contributed by atoms with Gasteiger partial charge in [-0.2, -0.15) is 0 Å². The maximum atomic E-state index is 12.5. The molecule has 0 atom stereocenters. The first-order chi connectivity index (χ1) is 10.8. The van der Waals surface area contributed by atoms with Crippen LogP contribution in [0.1, 0.15) is 37.7 Å². The number of nitrogens with one attached hydrogen (secondary N) is 1. The number of nitrogens with two attached hydrogens (primary N) is 1. The third kappa shape index (κ3) is 4.54. The third-order valence-electron chi connectivity index (χ3n) is 4.36. The molecule has 5 nitrogen and oxygen atoms in total. The molecule has 0 spiro atoms. The highest BCUT2D eigenvalue weighted by atomic mass is 79.9. The molecule has 0 heterocycles. The van der Waals surface area contributed by atoms with E-state index in [0.717, 1.165) is 35.0 Å². The van der Waals surface area contributed by atoms with E-state index in [1.54, 1.807) is 7.05 Å². The molecule has 0 bridgehead atoms. The fourth-order valence-corrected chi connectivity index (χ4v) is 3.50. The van der Waals surface area contributed by atoms with E-state index < -0.39 is 5.54 Å². The van der Waals surface area contributed by atoms with Gasteiger partial charge in [-0.1, -0.05) is 35.2 Å². The van der Waals surface area contributed by atoms with Crippen LogP contribution in [0.4, 0.5) is 5.69 Å². The van der Waals surface area contributed by atoms with Gasteiger partial charge in [-0.05, 0) is 43.5 Å². The number of anilines is 1. The fraction of sp³-hybridized carbons (Fsp3) is 0.529. The van der Waals surface area contributed by atoms with Crippen LogP contribution in [0.2, 0.25) is 0 Å².